The Morgan fingerprint density at radius 1 is 0.927 bits per heavy atom. The van der Waals surface area contributed by atoms with Gasteiger partial charge in [0.2, 0.25) is 5.91 Å². The molecule has 0 saturated carbocycles. The monoisotopic (exact) mass is 567 g/mol. The summed E-state index contributed by atoms with van der Waals surface area (Å²) in [5, 5.41) is 6.79. The summed E-state index contributed by atoms with van der Waals surface area (Å²) < 4.78 is 12.6. The second-order valence-corrected chi connectivity index (χ2v) is 11.8. The van der Waals surface area contributed by atoms with Gasteiger partial charge in [0.1, 0.15) is 17.3 Å². The first-order valence-corrected chi connectivity index (χ1v) is 15.6. The lowest BCUT2D eigenvalue weighted by atomic mass is 9.92. The molecule has 10 nitrogen and oxygen atoms in total. The van der Waals surface area contributed by atoms with E-state index >= 15 is 0 Å². The molecule has 0 aromatic heterocycles. The van der Waals surface area contributed by atoms with Gasteiger partial charge >= 0.3 is 0 Å². The van der Waals surface area contributed by atoms with Gasteiger partial charge in [0, 0.05) is 71.2 Å². The van der Waals surface area contributed by atoms with Gasteiger partial charge in [-0.1, -0.05) is 12.1 Å². The van der Waals surface area contributed by atoms with Gasteiger partial charge in [-0.15, -0.1) is 0 Å². The lowest BCUT2D eigenvalue weighted by Crippen LogP contribution is -2.51. The summed E-state index contributed by atoms with van der Waals surface area (Å²) in [4.78, 5) is 19.0. The van der Waals surface area contributed by atoms with Crippen molar-refractivity contribution in [1.29, 1.82) is 0 Å². The molecule has 4 aliphatic heterocycles. The van der Waals surface area contributed by atoms with Crippen molar-refractivity contribution in [2.45, 2.75) is 56.7 Å². The maximum atomic E-state index is 12.6. The number of ether oxygens (including phenoxy) is 2. The second-order valence-electron chi connectivity index (χ2n) is 11.8. The van der Waals surface area contributed by atoms with Crippen LogP contribution < -0.4 is 26.8 Å². The van der Waals surface area contributed by atoms with Gasteiger partial charge < -0.3 is 41.4 Å². The maximum absolute atomic E-state index is 12.6. The summed E-state index contributed by atoms with van der Waals surface area (Å²) in [5.41, 5.74) is 13.7. The highest BCUT2D eigenvalue weighted by atomic mass is 16.5. The van der Waals surface area contributed by atoms with Crippen LogP contribution in [-0.4, -0.2) is 105 Å². The summed E-state index contributed by atoms with van der Waals surface area (Å²) in [6, 6.07) is 8.29. The van der Waals surface area contributed by atoms with E-state index in [4.69, 9.17) is 20.9 Å². The first-order chi connectivity index (χ1) is 20.1. The fourth-order valence-corrected chi connectivity index (χ4v) is 6.38. The number of carbonyl (C=O) groups is 1. The number of benzene rings is 1. The summed E-state index contributed by atoms with van der Waals surface area (Å²) in [7, 11) is 0. The molecule has 1 aromatic carbocycles. The minimum atomic E-state index is 0.246. The van der Waals surface area contributed by atoms with Crippen molar-refractivity contribution >= 4 is 5.91 Å². The molecule has 4 heterocycles. The fourth-order valence-electron chi connectivity index (χ4n) is 6.38. The number of likely N-dealkylation sites (tertiary alicyclic amines) is 2. The molecule has 226 valence electrons. The van der Waals surface area contributed by atoms with Gasteiger partial charge in [-0.05, 0) is 68.7 Å². The average Bonchev–Trinajstić information content (AvgIpc) is 3.03. The van der Waals surface area contributed by atoms with E-state index < -0.39 is 0 Å². The number of nitrogens with two attached hydrogens (primary N) is 2. The van der Waals surface area contributed by atoms with Crippen molar-refractivity contribution < 1.29 is 14.3 Å². The number of allylic oxidation sites excluding steroid dienone is 1. The van der Waals surface area contributed by atoms with Crippen LogP contribution in [0.2, 0.25) is 0 Å². The van der Waals surface area contributed by atoms with E-state index in [1.165, 1.54) is 24.6 Å². The number of rotatable bonds is 9. The Bertz CT molecular complexity index is 1040. The van der Waals surface area contributed by atoms with Crippen LogP contribution in [-0.2, 0) is 9.53 Å². The molecule has 0 spiro atoms. The minimum Gasteiger partial charge on any atom is -0.456 e. The Balaban J connectivity index is 1.03. The van der Waals surface area contributed by atoms with E-state index in [9.17, 15) is 4.79 Å². The highest BCUT2D eigenvalue weighted by molar-refractivity contribution is 5.78. The highest BCUT2D eigenvalue weighted by Gasteiger charge is 2.28. The average molecular weight is 568 g/mol. The summed E-state index contributed by atoms with van der Waals surface area (Å²) in [6.45, 7) is 9.59. The Morgan fingerprint density at radius 2 is 1.66 bits per heavy atom. The molecule has 5 rings (SSSR count). The molecule has 1 atom stereocenters. The Morgan fingerprint density at radius 3 is 2.34 bits per heavy atom. The number of hydrogen-bond acceptors (Lipinski definition) is 9. The third-order valence-electron chi connectivity index (χ3n) is 8.87. The van der Waals surface area contributed by atoms with Crippen LogP contribution in [0.4, 0.5) is 0 Å². The van der Waals surface area contributed by atoms with E-state index in [0.717, 1.165) is 96.9 Å². The van der Waals surface area contributed by atoms with Crippen molar-refractivity contribution in [3.63, 3.8) is 0 Å². The summed E-state index contributed by atoms with van der Waals surface area (Å²) >= 11 is 0. The van der Waals surface area contributed by atoms with Gasteiger partial charge in [0.05, 0.1) is 18.8 Å². The number of nitrogens with one attached hydrogen (secondary N) is 2. The predicted molar refractivity (Wildman–Crippen MR) is 161 cm³/mol. The number of piperazine rings is 1. The van der Waals surface area contributed by atoms with Crippen molar-refractivity contribution in [1.82, 2.24) is 25.3 Å². The second kappa shape index (κ2) is 14.9. The first-order valence-electron chi connectivity index (χ1n) is 15.6. The molecule has 4 aliphatic rings. The largest absolute Gasteiger partial charge is 0.456 e. The topological polar surface area (TPSA) is 121 Å². The molecular weight excluding hydrogens is 518 g/mol. The molecule has 4 fully saturated rings. The molecule has 0 aliphatic carbocycles. The van der Waals surface area contributed by atoms with Gasteiger partial charge in [0.15, 0.2) is 0 Å². The molecule has 4 saturated heterocycles. The Hall–Kier alpha value is -2.79. The van der Waals surface area contributed by atoms with E-state index in [0.29, 0.717) is 24.0 Å². The molecule has 0 bridgehead atoms. The molecule has 41 heavy (non-hydrogen) atoms. The van der Waals surface area contributed by atoms with Crippen LogP contribution in [0.25, 0.3) is 0 Å². The zero-order valence-corrected chi connectivity index (χ0v) is 24.4. The fraction of sp³-hybridized carbons (Fsp3) is 0.645. The van der Waals surface area contributed by atoms with Crippen LogP contribution in [0.3, 0.4) is 0 Å². The van der Waals surface area contributed by atoms with Crippen molar-refractivity contribution in [3.05, 3.63) is 53.7 Å². The van der Waals surface area contributed by atoms with Crippen LogP contribution in [0.1, 0.15) is 50.0 Å². The Kier molecular flexibility index (Phi) is 10.8. The lowest BCUT2D eigenvalue weighted by molar-refractivity contribution is -0.134. The molecule has 0 radical (unpaired) electrons. The number of carbonyl (C=O) groups excluding carboxylic acids is 1. The predicted octanol–water partition coefficient (Wildman–Crippen LogP) is 1.51. The zero-order chi connectivity index (χ0) is 28.4. The van der Waals surface area contributed by atoms with Crippen molar-refractivity contribution in [3.8, 4) is 5.75 Å². The third-order valence-corrected chi connectivity index (χ3v) is 8.87. The van der Waals surface area contributed by atoms with E-state index in [2.05, 4.69) is 32.6 Å². The van der Waals surface area contributed by atoms with Crippen LogP contribution >= 0.6 is 0 Å². The zero-order valence-electron chi connectivity index (χ0n) is 24.4. The third kappa shape index (κ3) is 8.61. The SMILES string of the molecule is N/C=C(\C=C(/N)N1CCC(OC2CCN(CC(=O)N3CCNCC3)CC2)CC1)Oc1cccc(C2CCCNC2)c1. The summed E-state index contributed by atoms with van der Waals surface area (Å²) in [6.07, 6.45) is 10.1. The Labute approximate surface area is 245 Å². The van der Waals surface area contributed by atoms with Crippen LogP contribution in [0.15, 0.2) is 48.1 Å². The number of nitrogens with zero attached hydrogens (tertiary/aromatic N) is 3. The standard InChI is InChI=1S/C31H49N7O3/c32-21-29(41-28-5-1-3-24(19-28)25-4-2-10-35-22-25)20-30(33)37-15-8-27(9-16-37)40-26-6-13-36(14-7-26)23-31(39)38-17-11-34-12-18-38/h1,3,5,19-21,25-27,34-35H,2,4,6-18,22-23,32-33H2/b29-21+,30-20+. The number of piperidine rings is 3. The van der Waals surface area contributed by atoms with Gasteiger partial charge in [0.25, 0.3) is 0 Å². The van der Waals surface area contributed by atoms with Crippen LogP contribution in [0, 0.1) is 0 Å². The smallest absolute Gasteiger partial charge is 0.236 e. The summed E-state index contributed by atoms with van der Waals surface area (Å²) in [5.74, 6) is 2.76. The first kappa shape index (κ1) is 29.7. The highest BCUT2D eigenvalue weighted by Crippen LogP contribution is 2.27. The molecule has 10 heteroatoms. The van der Waals surface area contributed by atoms with Crippen molar-refractivity contribution in [2.75, 3.05) is 72.0 Å². The lowest BCUT2D eigenvalue weighted by Gasteiger charge is -2.38. The molecule has 1 unspecified atom stereocenters. The number of amides is 1. The normalized spacial score (nSPS) is 24.4. The van der Waals surface area contributed by atoms with Gasteiger partial charge in [-0.3, -0.25) is 9.69 Å². The molecular formula is C31H49N7O3. The quantitative estimate of drug-likeness (QED) is 0.260. The maximum Gasteiger partial charge on any atom is 0.236 e. The van der Waals surface area contributed by atoms with Crippen LogP contribution in [0.5, 0.6) is 5.75 Å². The van der Waals surface area contributed by atoms with Gasteiger partial charge in [-0.25, -0.2) is 0 Å². The number of hydrogen-bond donors (Lipinski definition) is 4. The minimum absolute atomic E-state index is 0.246. The van der Waals surface area contributed by atoms with E-state index in [-0.39, 0.29) is 18.1 Å². The molecule has 1 aromatic rings. The van der Waals surface area contributed by atoms with E-state index in [1.807, 2.05) is 23.1 Å². The van der Waals surface area contributed by atoms with E-state index in [1.54, 1.807) is 0 Å². The van der Waals surface area contributed by atoms with Crippen molar-refractivity contribution in [2.24, 2.45) is 11.5 Å². The van der Waals surface area contributed by atoms with Gasteiger partial charge in [-0.2, -0.15) is 0 Å². The molecule has 1 amide bonds. The molecule has 6 N–H and O–H groups in total.